The van der Waals surface area contributed by atoms with Crippen molar-refractivity contribution < 1.29 is 17.9 Å². The van der Waals surface area contributed by atoms with Gasteiger partial charge < -0.3 is 15.4 Å². The predicted octanol–water partition coefficient (Wildman–Crippen LogP) is 2.54. The first-order valence-corrected chi connectivity index (χ1v) is 11.7. The average molecular weight is 430 g/mol. The minimum Gasteiger partial charge on any atom is -0.381 e. The minimum absolute atomic E-state index is 0.00761. The molecular formula is C22H27N3O4S. The van der Waals surface area contributed by atoms with Gasteiger partial charge in [0.2, 0.25) is 10.0 Å². The van der Waals surface area contributed by atoms with Gasteiger partial charge in [-0.2, -0.15) is 0 Å². The largest absolute Gasteiger partial charge is 0.381 e. The maximum Gasteiger partial charge on any atom is 0.315 e. The molecule has 0 bridgehead atoms. The van der Waals surface area contributed by atoms with E-state index in [1.54, 1.807) is 13.0 Å². The number of ether oxygens (including phenoxy) is 1. The molecule has 0 saturated carbocycles. The van der Waals surface area contributed by atoms with Gasteiger partial charge in [-0.1, -0.05) is 30.3 Å². The molecule has 0 radical (unpaired) electrons. The Hall–Kier alpha value is -2.42. The average Bonchev–Trinajstić information content (AvgIpc) is 2.99. The topological polar surface area (TPSA) is 111 Å². The Balaban J connectivity index is 1.47. The number of primary sulfonamides is 1. The van der Waals surface area contributed by atoms with Gasteiger partial charge in [-0.3, -0.25) is 0 Å². The van der Waals surface area contributed by atoms with Crippen LogP contribution in [0.25, 0.3) is 0 Å². The van der Waals surface area contributed by atoms with Crippen molar-refractivity contribution in [2.75, 3.05) is 13.2 Å². The Morgan fingerprint density at radius 3 is 2.63 bits per heavy atom. The van der Waals surface area contributed by atoms with Crippen LogP contribution in [-0.2, 0) is 27.7 Å². The zero-order valence-electron chi connectivity index (χ0n) is 17.0. The molecule has 2 aromatic rings. The van der Waals surface area contributed by atoms with Gasteiger partial charge in [0.1, 0.15) is 0 Å². The first-order chi connectivity index (χ1) is 14.3. The number of rotatable bonds is 4. The highest BCUT2D eigenvalue weighted by Gasteiger charge is 2.47. The van der Waals surface area contributed by atoms with Gasteiger partial charge in [0.15, 0.2) is 0 Å². The van der Waals surface area contributed by atoms with Gasteiger partial charge in [0.05, 0.1) is 10.9 Å². The maximum atomic E-state index is 12.8. The van der Waals surface area contributed by atoms with Gasteiger partial charge in [-0.05, 0) is 60.6 Å². The van der Waals surface area contributed by atoms with Crippen molar-refractivity contribution in [2.24, 2.45) is 10.6 Å². The first-order valence-electron chi connectivity index (χ1n) is 10.1. The van der Waals surface area contributed by atoms with E-state index in [1.165, 1.54) is 23.3 Å². The number of sulfonamides is 1. The third-order valence-electron chi connectivity index (χ3n) is 6.37. The van der Waals surface area contributed by atoms with Crippen molar-refractivity contribution in [1.82, 2.24) is 10.6 Å². The number of carbonyl (C=O) groups excluding carboxylic acids is 1. The number of benzene rings is 2. The molecule has 2 aliphatic rings. The van der Waals surface area contributed by atoms with Crippen LogP contribution in [0.15, 0.2) is 47.4 Å². The number of fused-ring (bicyclic) bond motifs is 1. The third kappa shape index (κ3) is 4.08. The van der Waals surface area contributed by atoms with Gasteiger partial charge in [0.25, 0.3) is 0 Å². The Bertz CT molecular complexity index is 1060. The number of urea groups is 1. The van der Waals surface area contributed by atoms with Crippen LogP contribution in [-0.4, -0.2) is 27.7 Å². The minimum atomic E-state index is -3.74. The molecule has 1 fully saturated rings. The number of nitrogens with two attached hydrogens (primary N) is 1. The Kier molecular flexibility index (Phi) is 5.57. The lowest BCUT2D eigenvalue weighted by Gasteiger charge is -2.39. The summed E-state index contributed by atoms with van der Waals surface area (Å²) in [7, 11) is -3.74. The molecule has 7 nitrogen and oxygen atoms in total. The molecular weight excluding hydrogens is 402 g/mol. The second kappa shape index (κ2) is 8.02. The number of nitrogens with one attached hydrogen (secondary N) is 2. The molecule has 4 rings (SSSR count). The van der Waals surface area contributed by atoms with Gasteiger partial charge >= 0.3 is 6.03 Å². The van der Waals surface area contributed by atoms with Gasteiger partial charge in [0, 0.05) is 25.2 Å². The molecule has 1 saturated heterocycles. The Labute approximate surface area is 177 Å². The fraction of sp³-hybridized carbons (Fsp3) is 0.409. The Morgan fingerprint density at radius 2 is 1.93 bits per heavy atom. The highest BCUT2D eigenvalue weighted by atomic mass is 32.2. The summed E-state index contributed by atoms with van der Waals surface area (Å²) in [4.78, 5) is 12.8. The van der Waals surface area contributed by atoms with Crippen LogP contribution in [0.2, 0.25) is 0 Å². The van der Waals surface area contributed by atoms with Crippen LogP contribution >= 0.6 is 0 Å². The highest BCUT2D eigenvalue weighted by Crippen LogP contribution is 2.51. The number of aryl methyl sites for hydroxylation is 1. The zero-order valence-corrected chi connectivity index (χ0v) is 17.8. The maximum absolute atomic E-state index is 12.8. The lowest BCUT2D eigenvalue weighted by Crippen LogP contribution is -2.45. The van der Waals surface area contributed by atoms with E-state index in [-0.39, 0.29) is 22.4 Å². The van der Waals surface area contributed by atoms with Crippen molar-refractivity contribution in [3.8, 4) is 0 Å². The van der Waals surface area contributed by atoms with Crippen LogP contribution < -0.4 is 15.8 Å². The van der Waals surface area contributed by atoms with E-state index in [1.807, 2.05) is 12.1 Å². The molecule has 30 heavy (non-hydrogen) atoms. The summed E-state index contributed by atoms with van der Waals surface area (Å²) in [6.45, 7) is 3.52. The molecule has 160 valence electrons. The summed E-state index contributed by atoms with van der Waals surface area (Å²) < 4.78 is 28.6. The zero-order chi connectivity index (χ0) is 21.4. The first kappa shape index (κ1) is 20.8. The number of hydrogen-bond acceptors (Lipinski definition) is 4. The summed E-state index contributed by atoms with van der Waals surface area (Å²) >= 11 is 0. The van der Waals surface area contributed by atoms with Crippen molar-refractivity contribution in [3.05, 3.63) is 64.7 Å². The molecule has 1 spiro atoms. The van der Waals surface area contributed by atoms with Crippen molar-refractivity contribution in [3.63, 3.8) is 0 Å². The van der Waals surface area contributed by atoms with E-state index < -0.39 is 10.0 Å². The highest BCUT2D eigenvalue weighted by molar-refractivity contribution is 7.89. The normalized spacial score (nSPS) is 20.0. The van der Waals surface area contributed by atoms with Crippen LogP contribution in [0.5, 0.6) is 0 Å². The SMILES string of the molecule is Cc1cc(S(N)(=O)=O)ccc1CNC(=O)NC1c2ccccc2CC12CCOCC2. The van der Waals surface area contributed by atoms with E-state index in [2.05, 4.69) is 22.8 Å². The number of amides is 2. The van der Waals surface area contributed by atoms with E-state index in [0.29, 0.717) is 19.8 Å². The fourth-order valence-corrected chi connectivity index (χ4v) is 5.26. The standard InChI is InChI=1S/C22H27N3O4S/c1-15-12-18(30(23,27)28)7-6-17(15)14-24-21(26)25-20-19-5-3-2-4-16(19)13-22(20)8-10-29-11-9-22/h2-7,12,20H,8-11,13-14H2,1H3,(H2,23,27,28)(H2,24,25,26). The van der Waals surface area contributed by atoms with E-state index in [4.69, 9.17) is 9.88 Å². The van der Waals surface area contributed by atoms with Crippen molar-refractivity contribution in [1.29, 1.82) is 0 Å². The summed E-state index contributed by atoms with van der Waals surface area (Å²) in [6, 6.07) is 12.7. The number of carbonyl (C=O) groups is 1. The van der Waals surface area contributed by atoms with Gasteiger partial charge in [-0.25, -0.2) is 18.4 Å². The molecule has 1 aliphatic carbocycles. The Morgan fingerprint density at radius 1 is 1.20 bits per heavy atom. The monoisotopic (exact) mass is 429 g/mol. The van der Waals surface area contributed by atoms with Gasteiger partial charge in [-0.15, -0.1) is 0 Å². The molecule has 2 amide bonds. The third-order valence-corrected chi connectivity index (χ3v) is 7.28. The number of hydrogen-bond donors (Lipinski definition) is 3. The summed E-state index contributed by atoms with van der Waals surface area (Å²) in [6.07, 6.45) is 2.78. The van der Waals surface area contributed by atoms with Crippen LogP contribution in [0.3, 0.4) is 0 Å². The molecule has 0 aromatic heterocycles. The lowest BCUT2D eigenvalue weighted by molar-refractivity contribution is 0.00214. The molecule has 1 heterocycles. The summed E-state index contributed by atoms with van der Waals surface area (Å²) in [5, 5.41) is 11.3. The van der Waals surface area contributed by atoms with Crippen molar-refractivity contribution in [2.45, 2.75) is 43.7 Å². The molecule has 1 atom stereocenters. The second-order valence-electron chi connectivity index (χ2n) is 8.24. The summed E-state index contributed by atoms with van der Waals surface area (Å²) in [5.41, 5.74) is 4.06. The molecule has 1 unspecified atom stereocenters. The molecule has 2 aromatic carbocycles. The predicted molar refractivity (Wildman–Crippen MR) is 113 cm³/mol. The van der Waals surface area contributed by atoms with Crippen LogP contribution in [0.1, 0.15) is 41.1 Å². The van der Waals surface area contributed by atoms with E-state index in [9.17, 15) is 13.2 Å². The van der Waals surface area contributed by atoms with E-state index in [0.717, 1.165) is 30.4 Å². The molecule has 8 heteroatoms. The fourth-order valence-electron chi connectivity index (χ4n) is 4.66. The van der Waals surface area contributed by atoms with Crippen LogP contribution in [0, 0.1) is 12.3 Å². The van der Waals surface area contributed by atoms with E-state index >= 15 is 0 Å². The lowest BCUT2D eigenvalue weighted by atomic mass is 9.74. The quantitative estimate of drug-likeness (QED) is 0.694. The van der Waals surface area contributed by atoms with Crippen LogP contribution in [0.4, 0.5) is 4.79 Å². The molecule has 1 aliphatic heterocycles. The molecule has 4 N–H and O–H groups in total. The summed E-state index contributed by atoms with van der Waals surface area (Å²) in [5.74, 6) is 0. The second-order valence-corrected chi connectivity index (χ2v) is 9.81. The smallest absolute Gasteiger partial charge is 0.315 e. The van der Waals surface area contributed by atoms with Crippen molar-refractivity contribution >= 4 is 16.1 Å².